The topological polar surface area (TPSA) is 61.2 Å². The average Bonchev–Trinajstić information content (AvgIpc) is 2.28. The Morgan fingerprint density at radius 1 is 1.53 bits per heavy atom. The van der Waals surface area contributed by atoms with E-state index in [4.69, 9.17) is 5.26 Å². The van der Waals surface area contributed by atoms with Crippen molar-refractivity contribution in [2.75, 3.05) is 13.6 Å². The van der Waals surface area contributed by atoms with Crippen molar-refractivity contribution in [3.8, 4) is 6.07 Å². The number of nitrogens with zero attached hydrogens (tertiary/aromatic N) is 2. The van der Waals surface area contributed by atoms with Crippen LogP contribution in [0.25, 0.3) is 0 Å². The molecule has 17 heavy (non-hydrogen) atoms. The summed E-state index contributed by atoms with van der Waals surface area (Å²) in [6.07, 6.45) is 0. The molecule has 92 valence electrons. The molecule has 0 radical (unpaired) electrons. The van der Waals surface area contributed by atoms with Crippen LogP contribution in [0.5, 0.6) is 0 Å². The SMILES string of the molecule is C[C@H](C#N)CN(C)S(=O)(=O)c1cccc(F)c1. The predicted octanol–water partition coefficient (Wildman–Crippen LogP) is 1.61. The molecule has 0 saturated carbocycles. The van der Waals surface area contributed by atoms with Crippen molar-refractivity contribution in [3.05, 3.63) is 30.1 Å². The fourth-order valence-corrected chi connectivity index (χ4v) is 2.62. The molecule has 0 aliphatic heterocycles. The number of sulfonamides is 1. The first-order valence-electron chi connectivity index (χ1n) is 4.99. The van der Waals surface area contributed by atoms with Crippen LogP contribution in [0.1, 0.15) is 6.92 Å². The van der Waals surface area contributed by atoms with Crippen molar-refractivity contribution >= 4 is 10.0 Å². The lowest BCUT2D eigenvalue weighted by Gasteiger charge is -2.18. The standard InChI is InChI=1S/C11H13FN2O2S/c1-9(7-13)8-14(2)17(15,16)11-5-3-4-10(12)6-11/h3-6,9H,8H2,1-2H3/t9-/m1/s1. The summed E-state index contributed by atoms with van der Waals surface area (Å²) in [6.45, 7) is 1.70. The van der Waals surface area contributed by atoms with Crippen molar-refractivity contribution in [1.29, 1.82) is 5.26 Å². The largest absolute Gasteiger partial charge is 0.242 e. The van der Waals surface area contributed by atoms with Crippen molar-refractivity contribution in [2.24, 2.45) is 5.92 Å². The number of rotatable bonds is 4. The van der Waals surface area contributed by atoms with Crippen molar-refractivity contribution < 1.29 is 12.8 Å². The number of nitriles is 1. The van der Waals surface area contributed by atoms with Gasteiger partial charge in [-0.3, -0.25) is 0 Å². The summed E-state index contributed by atoms with van der Waals surface area (Å²) >= 11 is 0. The Labute approximate surface area is 100 Å². The quantitative estimate of drug-likeness (QED) is 0.822. The zero-order valence-corrected chi connectivity index (χ0v) is 10.4. The Kier molecular flexibility index (Phi) is 4.21. The molecule has 0 bridgehead atoms. The van der Waals surface area contributed by atoms with E-state index in [9.17, 15) is 12.8 Å². The van der Waals surface area contributed by atoms with Crippen LogP contribution in [-0.4, -0.2) is 26.3 Å². The molecule has 0 aliphatic rings. The van der Waals surface area contributed by atoms with E-state index in [-0.39, 0.29) is 11.4 Å². The zero-order valence-electron chi connectivity index (χ0n) is 9.59. The summed E-state index contributed by atoms with van der Waals surface area (Å²) in [5.74, 6) is -1.02. The van der Waals surface area contributed by atoms with Crippen LogP contribution in [0.2, 0.25) is 0 Å². The number of hydrogen-bond donors (Lipinski definition) is 0. The molecular formula is C11H13FN2O2S. The van der Waals surface area contributed by atoms with Crippen LogP contribution < -0.4 is 0 Å². The van der Waals surface area contributed by atoms with Crippen LogP contribution in [0.15, 0.2) is 29.2 Å². The maximum Gasteiger partial charge on any atom is 0.242 e. The minimum absolute atomic E-state index is 0.0787. The Morgan fingerprint density at radius 3 is 2.71 bits per heavy atom. The smallest absolute Gasteiger partial charge is 0.207 e. The molecule has 0 aromatic heterocycles. The molecule has 0 saturated heterocycles. The van der Waals surface area contributed by atoms with Gasteiger partial charge in [0.05, 0.1) is 16.9 Å². The van der Waals surface area contributed by atoms with E-state index in [2.05, 4.69) is 0 Å². The van der Waals surface area contributed by atoms with Gasteiger partial charge in [0, 0.05) is 13.6 Å². The average molecular weight is 256 g/mol. The maximum atomic E-state index is 13.0. The Balaban J connectivity index is 3.00. The van der Waals surface area contributed by atoms with Gasteiger partial charge in [0.15, 0.2) is 0 Å². The van der Waals surface area contributed by atoms with Gasteiger partial charge in [-0.25, -0.2) is 12.8 Å². The molecule has 1 atom stereocenters. The molecule has 0 amide bonds. The number of halogens is 1. The van der Waals surface area contributed by atoms with Gasteiger partial charge in [-0.05, 0) is 25.1 Å². The van der Waals surface area contributed by atoms with Crippen molar-refractivity contribution in [2.45, 2.75) is 11.8 Å². The maximum absolute atomic E-state index is 13.0. The molecule has 0 fully saturated rings. The normalized spacial score (nSPS) is 13.4. The summed E-state index contributed by atoms with van der Waals surface area (Å²) in [7, 11) is -2.36. The highest BCUT2D eigenvalue weighted by Crippen LogP contribution is 2.16. The molecule has 0 spiro atoms. The molecule has 0 heterocycles. The fraction of sp³-hybridized carbons (Fsp3) is 0.364. The lowest BCUT2D eigenvalue weighted by molar-refractivity contribution is 0.438. The molecular weight excluding hydrogens is 243 g/mol. The van der Waals surface area contributed by atoms with Crippen LogP contribution in [-0.2, 0) is 10.0 Å². The minimum atomic E-state index is -3.72. The lowest BCUT2D eigenvalue weighted by Crippen LogP contribution is -2.30. The first-order chi connectivity index (χ1) is 7.87. The van der Waals surface area contributed by atoms with Crippen molar-refractivity contribution in [1.82, 2.24) is 4.31 Å². The third kappa shape index (κ3) is 3.25. The highest BCUT2D eigenvalue weighted by Gasteiger charge is 2.22. The van der Waals surface area contributed by atoms with E-state index in [1.165, 1.54) is 25.2 Å². The molecule has 1 aromatic rings. The summed E-state index contributed by atoms with van der Waals surface area (Å²) < 4.78 is 38.0. The monoisotopic (exact) mass is 256 g/mol. The Hall–Kier alpha value is -1.45. The summed E-state index contributed by atoms with van der Waals surface area (Å²) in [5.41, 5.74) is 0. The fourth-order valence-electron chi connectivity index (χ4n) is 1.33. The third-order valence-electron chi connectivity index (χ3n) is 2.26. The van der Waals surface area contributed by atoms with Crippen LogP contribution in [0, 0.1) is 23.1 Å². The predicted molar refractivity (Wildman–Crippen MR) is 61.0 cm³/mol. The first kappa shape index (κ1) is 13.6. The summed E-state index contributed by atoms with van der Waals surface area (Å²) in [5, 5.41) is 8.63. The second kappa shape index (κ2) is 5.25. The van der Waals surface area contributed by atoms with Gasteiger partial charge in [-0.1, -0.05) is 6.07 Å². The third-order valence-corrected chi connectivity index (χ3v) is 4.07. The summed E-state index contributed by atoms with van der Waals surface area (Å²) in [6, 6.07) is 6.75. The molecule has 0 N–H and O–H groups in total. The highest BCUT2D eigenvalue weighted by molar-refractivity contribution is 7.89. The van der Waals surface area contributed by atoms with E-state index < -0.39 is 21.8 Å². The molecule has 1 aromatic carbocycles. The van der Waals surface area contributed by atoms with E-state index >= 15 is 0 Å². The minimum Gasteiger partial charge on any atom is -0.207 e. The van der Waals surface area contributed by atoms with E-state index in [1.807, 2.05) is 6.07 Å². The highest BCUT2D eigenvalue weighted by atomic mass is 32.2. The van der Waals surface area contributed by atoms with Gasteiger partial charge in [0.25, 0.3) is 0 Å². The Bertz CT molecular complexity index is 537. The van der Waals surface area contributed by atoms with Crippen LogP contribution in [0.3, 0.4) is 0 Å². The molecule has 1 rings (SSSR count). The van der Waals surface area contributed by atoms with E-state index in [1.54, 1.807) is 6.92 Å². The van der Waals surface area contributed by atoms with Gasteiger partial charge in [-0.15, -0.1) is 0 Å². The molecule has 4 nitrogen and oxygen atoms in total. The van der Waals surface area contributed by atoms with Crippen LogP contribution >= 0.6 is 0 Å². The van der Waals surface area contributed by atoms with Gasteiger partial charge in [-0.2, -0.15) is 9.57 Å². The lowest BCUT2D eigenvalue weighted by atomic mass is 10.2. The molecule has 0 aliphatic carbocycles. The number of benzene rings is 1. The second-order valence-electron chi connectivity index (χ2n) is 3.77. The molecule has 0 unspecified atom stereocenters. The second-order valence-corrected chi connectivity index (χ2v) is 5.82. The van der Waals surface area contributed by atoms with Gasteiger partial charge < -0.3 is 0 Å². The first-order valence-corrected chi connectivity index (χ1v) is 6.43. The zero-order chi connectivity index (χ0) is 13.1. The summed E-state index contributed by atoms with van der Waals surface area (Å²) in [4.78, 5) is -0.106. The Morgan fingerprint density at radius 2 is 2.18 bits per heavy atom. The van der Waals surface area contributed by atoms with Crippen LogP contribution in [0.4, 0.5) is 4.39 Å². The van der Waals surface area contributed by atoms with Crippen molar-refractivity contribution in [3.63, 3.8) is 0 Å². The van der Waals surface area contributed by atoms with Gasteiger partial charge in [0.1, 0.15) is 5.82 Å². The van der Waals surface area contributed by atoms with Gasteiger partial charge >= 0.3 is 0 Å². The molecule has 6 heteroatoms. The number of hydrogen-bond acceptors (Lipinski definition) is 3. The van der Waals surface area contributed by atoms with E-state index in [0.717, 1.165) is 10.4 Å². The van der Waals surface area contributed by atoms with E-state index in [0.29, 0.717) is 0 Å². The van der Waals surface area contributed by atoms with Gasteiger partial charge in [0.2, 0.25) is 10.0 Å².